The van der Waals surface area contributed by atoms with Crippen molar-refractivity contribution in [1.29, 1.82) is 5.26 Å². The molecule has 0 aliphatic heterocycles. The molecule has 0 saturated carbocycles. The largest absolute Gasteiger partial charge is 0.314 e. The van der Waals surface area contributed by atoms with Gasteiger partial charge in [-0.3, -0.25) is 0 Å². The molecule has 2 heteroatoms. The molecule has 0 fully saturated rings. The highest BCUT2D eigenvalue weighted by Gasteiger charge is 2.13. The van der Waals surface area contributed by atoms with Crippen molar-refractivity contribution in [1.82, 2.24) is 0 Å². The van der Waals surface area contributed by atoms with Gasteiger partial charge in [0.2, 0.25) is 0 Å². The monoisotopic (exact) mass is 112 g/mol. The minimum atomic E-state index is -0.602. The molecule has 0 aromatic carbocycles. The SMILES string of the molecule is CCC[C@](C)(N)C#N. The van der Waals surface area contributed by atoms with Crippen LogP contribution in [0.1, 0.15) is 26.7 Å². The number of nitriles is 1. The second-order valence-corrected chi connectivity index (χ2v) is 2.28. The van der Waals surface area contributed by atoms with Crippen LogP contribution in [0.2, 0.25) is 0 Å². The highest BCUT2D eigenvalue weighted by molar-refractivity contribution is 5.00. The molecule has 0 aromatic heterocycles. The van der Waals surface area contributed by atoms with Gasteiger partial charge in [-0.05, 0) is 13.3 Å². The van der Waals surface area contributed by atoms with E-state index in [1.807, 2.05) is 13.0 Å². The highest BCUT2D eigenvalue weighted by atomic mass is 14.7. The van der Waals surface area contributed by atoms with Crippen LogP contribution in [0.15, 0.2) is 0 Å². The normalized spacial score (nSPS) is 16.8. The highest BCUT2D eigenvalue weighted by Crippen LogP contribution is 2.04. The quantitative estimate of drug-likeness (QED) is 0.580. The Labute approximate surface area is 50.3 Å². The van der Waals surface area contributed by atoms with Crippen LogP contribution in [0.25, 0.3) is 0 Å². The van der Waals surface area contributed by atoms with Crippen molar-refractivity contribution >= 4 is 0 Å². The smallest absolute Gasteiger partial charge is 0.101 e. The van der Waals surface area contributed by atoms with Crippen molar-refractivity contribution in [3.63, 3.8) is 0 Å². The molecule has 0 radical (unpaired) electrons. The van der Waals surface area contributed by atoms with Crippen molar-refractivity contribution in [3.8, 4) is 6.07 Å². The minimum absolute atomic E-state index is 0.602. The zero-order valence-corrected chi connectivity index (χ0v) is 5.44. The lowest BCUT2D eigenvalue weighted by Crippen LogP contribution is -2.33. The lowest BCUT2D eigenvalue weighted by molar-refractivity contribution is 0.538. The van der Waals surface area contributed by atoms with E-state index < -0.39 is 5.54 Å². The third-order valence-corrected chi connectivity index (χ3v) is 1.02. The van der Waals surface area contributed by atoms with Gasteiger partial charge in [-0.25, -0.2) is 0 Å². The predicted molar refractivity (Wildman–Crippen MR) is 33.1 cm³/mol. The summed E-state index contributed by atoms with van der Waals surface area (Å²) in [7, 11) is 0. The van der Waals surface area contributed by atoms with Crippen LogP contribution in [0.5, 0.6) is 0 Å². The van der Waals surface area contributed by atoms with E-state index in [2.05, 4.69) is 0 Å². The second kappa shape index (κ2) is 2.68. The number of rotatable bonds is 2. The summed E-state index contributed by atoms with van der Waals surface area (Å²) >= 11 is 0. The van der Waals surface area contributed by atoms with Crippen LogP contribution >= 0.6 is 0 Å². The first-order chi connectivity index (χ1) is 3.62. The van der Waals surface area contributed by atoms with Gasteiger partial charge in [-0.1, -0.05) is 13.3 Å². The molecule has 0 rings (SSSR count). The Kier molecular flexibility index (Phi) is 2.50. The first-order valence-corrected chi connectivity index (χ1v) is 2.82. The van der Waals surface area contributed by atoms with Gasteiger partial charge in [0.15, 0.2) is 0 Å². The Morgan fingerprint density at radius 2 is 2.25 bits per heavy atom. The zero-order valence-electron chi connectivity index (χ0n) is 5.44. The first-order valence-electron chi connectivity index (χ1n) is 2.82. The summed E-state index contributed by atoms with van der Waals surface area (Å²) in [6.07, 6.45) is 1.75. The van der Waals surface area contributed by atoms with Gasteiger partial charge in [0.1, 0.15) is 5.54 Å². The maximum absolute atomic E-state index is 8.35. The third-order valence-electron chi connectivity index (χ3n) is 1.02. The molecule has 0 unspecified atom stereocenters. The van der Waals surface area contributed by atoms with Crippen molar-refractivity contribution < 1.29 is 0 Å². The minimum Gasteiger partial charge on any atom is -0.314 e. The molecule has 0 saturated heterocycles. The molecular weight excluding hydrogens is 100 g/mol. The topological polar surface area (TPSA) is 49.8 Å². The van der Waals surface area contributed by atoms with E-state index >= 15 is 0 Å². The van der Waals surface area contributed by atoms with Gasteiger partial charge in [0.25, 0.3) is 0 Å². The molecule has 1 atom stereocenters. The lowest BCUT2D eigenvalue weighted by atomic mass is 10.0. The number of nitrogens with zero attached hydrogens (tertiary/aromatic N) is 1. The molecule has 2 nitrogen and oxygen atoms in total. The number of nitrogens with two attached hydrogens (primary N) is 1. The van der Waals surface area contributed by atoms with Crippen LogP contribution < -0.4 is 5.73 Å². The van der Waals surface area contributed by atoms with E-state index in [1.54, 1.807) is 6.92 Å². The van der Waals surface area contributed by atoms with E-state index in [1.165, 1.54) is 0 Å². The molecule has 0 bridgehead atoms. The zero-order chi connectivity index (χ0) is 6.62. The Hall–Kier alpha value is -0.550. The van der Waals surface area contributed by atoms with Gasteiger partial charge in [-0.2, -0.15) is 5.26 Å². The molecule has 8 heavy (non-hydrogen) atoms. The summed E-state index contributed by atoms with van der Waals surface area (Å²) < 4.78 is 0. The van der Waals surface area contributed by atoms with E-state index in [-0.39, 0.29) is 0 Å². The van der Waals surface area contributed by atoms with Crippen LogP contribution in [0, 0.1) is 11.3 Å². The van der Waals surface area contributed by atoms with Crippen LogP contribution in [0.3, 0.4) is 0 Å². The summed E-state index contributed by atoms with van der Waals surface area (Å²) in [5, 5.41) is 8.35. The Balaban J connectivity index is 3.59. The standard InChI is InChI=1S/C6H12N2/c1-3-4-6(2,8)5-7/h3-4,8H2,1-2H3/t6-/m0/s1. The van der Waals surface area contributed by atoms with E-state index in [0.29, 0.717) is 0 Å². The fourth-order valence-corrected chi connectivity index (χ4v) is 0.575. The summed E-state index contributed by atoms with van der Waals surface area (Å²) in [6.45, 7) is 3.76. The third kappa shape index (κ3) is 2.59. The molecule has 0 aliphatic rings. The Bertz CT molecular complexity index is 99.6. The summed E-state index contributed by atoms with van der Waals surface area (Å²) in [5.41, 5.74) is 4.86. The fraction of sp³-hybridized carbons (Fsp3) is 0.833. The summed E-state index contributed by atoms with van der Waals surface area (Å²) in [4.78, 5) is 0. The van der Waals surface area contributed by atoms with Crippen molar-refractivity contribution in [2.75, 3.05) is 0 Å². The van der Waals surface area contributed by atoms with Crippen LogP contribution in [-0.4, -0.2) is 5.54 Å². The molecule has 0 heterocycles. The molecular formula is C6H12N2. The molecule has 0 aromatic rings. The lowest BCUT2D eigenvalue weighted by Gasteiger charge is -2.11. The van der Waals surface area contributed by atoms with E-state index in [0.717, 1.165) is 12.8 Å². The summed E-state index contributed by atoms with van der Waals surface area (Å²) in [5.74, 6) is 0. The average Bonchev–Trinajstić information content (AvgIpc) is 1.67. The maximum atomic E-state index is 8.35. The van der Waals surface area contributed by atoms with E-state index in [4.69, 9.17) is 11.0 Å². The average molecular weight is 112 g/mol. The van der Waals surface area contributed by atoms with E-state index in [9.17, 15) is 0 Å². The molecule has 46 valence electrons. The van der Waals surface area contributed by atoms with Gasteiger partial charge < -0.3 is 5.73 Å². The molecule has 0 spiro atoms. The van der Waals surface area contributed by atoms with Gasteiger partial charge in [-0.15, -0.1) is 0 Å². The molecule has 2 N–H and O–H groups in total. The van der Waals surface area contributed by atoms with Crippen LogP contribution in [0.4, 0.5) is 0 Å². The van der Waals surface area contributed by atoms with Crippen LogP contribution in [-0.2, 0) is 0 Å². The van der Waals surface area contributed by atoms with Crippen molar-refractivity contribution in [3.05, 3.63) is 0 Å². The van der Waals surface area contributed by atoms with Crippen molar-refractivity contribution in [2.24, 2.45) is 5.73 Å². The predicted octanol–water partition coefficient (Wildman–Crippen LogP) is 1.03. The Morgan fingerprint density at radius 3 is 2.38 bits per heavy atom. The first kappa shape index (κ1) is 7.45. The van der Waals surface area contributed by atoms with Gasteiger partial charge >= 0.3 is 0 Å². The van der Waals surface area contributed by atoms with Gasteiger partial charge in [0, 0.05) is 0 Å². The second-order valence-electron chi connectivity index (χ2n) is 2.28. The number of hydrogen-bond acceptors (Lipinski definition) is 2. The molecule has 0 aliphatic carbocycles. The van der Waals surface area contributed by atoms with Crippen molar-refractivity contribution in [2.45, 2.75) is 32.2 Å². The van der Waals surface area contributed by atoms with Gasteiger partial charge in [0.05, 0.1) is 6.07 Å². The fourth-order valence-electron chi connectivity index (χ4n) is 0.575. The summed E-state index contributed by atoms with van der Waals surface area (Å²) in [6, 6.07) is 2.02. The molecule has 0 amide bonds. The Morgan fingerprint density at radius 1 is 1.75 bits per heavy atom. The maximum Gasteiger partial charge on any atom is 0.101 e. The number of hydrogen-bond donors (Lipinski definition) is 1.